The molecule has 2 aliphatic rings. The normalized spacial score (nSPS) is 16.0. The Bertz CT molecular complexity index is 1070. The van der Waals surface area contributed by atoms with Crippen molar-refractivity contribution in [1.29, 1.82) is 0 Å². The molecule has 10 heteroatoms. The molecule has 1 atom stereocenters. The van der Waals surface area contributed by atoms with E-state index in [9.17, 15) is 27.6 Å². The predicted octanol–water partition coefficient (Wildman–Crippen LogP) is 4.17. The molecule has 0 bridgehead atoms. The van der Waals surface area contributed by atoms with Gasteiger partial charge in [-0.25, -0.2) is 4.79 Å². The number of alkyl carbamates (subject to hydrolysis) is 1. The quantitative estimate of drug-likeness (QED) is 0.579. The summed E-state index contributed by atoms with van der Waals surface area (Å²) in [5, 5.41) is 11.4. The standard InChI is InChI=1S/C25H25F3N2O5/c26-25(27,28)14-30(12-21(31)32)23(33)22(15-6-5-7-15)29-24(34)35-13-20-18-10-3-1-8-16(18)17-9-2-4-11-19(17)20/h1-4,8-11,15,20,22H,5-7,12-14H2,(H,29,34)(H,31,32). The van der Waals surface area contributed by atoms with Gasteiger partial charge < -0.3 is 20.1 Å². The zero-order valence-corrected chi connectivity index (χ0v) is 18.8. The number of hydrogen-bond donors (Lipinski definition) is 2. The van der Waals surface area contributed by atoms with E-state index >= 15 is 0 Å². The summed E-state index contributed by atoms with van der Waals surface area (Å²) in [6, 6.07) is 14.2. The number of benzene rings is 2. The van der Waals surface area contributed by atoms with Crippen molar-refractivity contribution in [3.05, 3.63) is 59.7 Å². The highest BCUT2D eigenvalue weighted by atomic mass is 19.4. The molecule has 4 rings (SSSR count). The van der Waals surface area contributed by atoms with Gasteiger partial charge in [-0.05, 0) is 41.0 Å². The third-order valence-electron chi connectivity index (χ3n) is 6.51. The van der Waals surface area contributed by atoms with Crippen LogP contribution in [0.4, 0.5) is 18.0 Å². The monoisotopic (exact) mass is 490 g/mol. The Morgan fingerprint density at radius 1 is 1.03 bits per heavy atom. The van der Waals surface area contributed by atoms with E-state index in [-0.39, 0.29) is 23.3 Å². The molecule has 0 heterocycles. The number of nitrogens with zero attached hydrogens (tertiary/aromatic N) is 1. The van der Waals surface area contributed by atoms with Crippen LogP contribution < -0.4 is 5.32 Å². The predicted molar refractivity (Wildman–Crippen MR) is 120 cm³/mol. The van der Waals surface area contributed by atoms with Crippen LogP contribution in [0, 0.1) is 5.92 Å². The van der Waals surface area contributed by atoms with Crippen molar-refractivity contribution >= 4 is 18.0 Å². The van der Waals surface area contributed by atoms with Gasteiger partial charge in [0.05, 0.1) is 0 Å². The second-order valence-corrected chi connectivity index (χ2v) is 8.84. The number of alkyl halides is 3. The van der Waals surface area contributed by atoms with Crippen LogP contribution in [0.2, 0.25) is 0 Å². The smallest absolute Gasteiger partial charge is 0.407 e. The number of halogens is 3. The summed E-state index contributed by atoms with van der Waals surface area (Å²) in [4.78, 5) is 36.9. The highest BCUT2D eigenvalue weighted by Crippen LogP contribution is 2.44. The van der Waals surface area contributed by atoms with Crippen LogP contribution in [0.1, 0.15) is 36.3 Å². The number of fused-ring (bicyclic) bond motifs is 3. The lowest BCUT2D eigenvalue weighted by atomic mass is 9.79. The first-order valence-corrected chi connectivity index (χ1v) is 11.3. The van der Waals surface area contributed by atoms with Crippen LogP contribution in [-0.4, -0.2) is 59.9 Å². The van der Waals surface area contributed by atoms with Crippen LogP contribution >= 0.6 is 0 Å². The van der Waals surface area contributed by atoms with Crippen molar-refractivity contribution in [1.82, 2.24) is 10.2 Å². The van der Waals surface area contributed by atoms with E-state index in [1.54, 1.807) is 0 Å². The van der Waals surface area contributed by atoms with Gasteiger partial charge >= 0.3 is 18.2 Å². The van der Waals surface area contributed by atoms with Crippen LogP contribution in [-0.2, 0) is 14.3 Å². The molecular formula is C25H25F3N2O5. The number of carbonyl (C=O) groups is 3. The molecule has 35 heavy (non-hydrogen) atoms. The molecule has 0 spiro atoms. The zero-order chi connectivity index (χ0) is 25.2. The summed E-state index contributed by atoms with van der Waals surface area (Å²) < 4.78 is 44.4. The van der Waals surface area contributed by atoms with Crippen molar-refractivity contribution in [2.24, 2.45) is 5.92 Å². The van der Waals surface area contributed by atoms with E-state index < -0.39 is 43.3 Å². The Morgan fingerprint density at radius 2 is 1.60 bits per heavy atom. The van der Waals surface area contributed by atoms with Gasteiger partial charge in [0.25, 0.3) is 0 Å². The summed E-state index contributed by atoms with van der Waals surface area (Å²) in [6.45, 7) is -2.85. The lowest BCUT2D eigenvalue weighted by Gasteiger charge is -2.36. The van der Waals surface area contributed by atoms with Gasteiger partial charge in [-0.1, -0.05) is 55.0 Å². The molecule has 1 unspecified atom stereocenters. The number of nitrogens with one attached hydrogen (secondary N) is 1. The average molecular weight is 490 g/mol. The maximum absolute atomic E-state index is 13.0. The Morgan fingerprint density at radius 3 is 2.09 bits per heavy atom. The van der Waals surface area contributed by atoms with Crippen LogP contribution in [0.15, 0.2) is 48.5 Å². The highest BCUT2D eigenvalue weighted by Gasteiger charge is 2.41. The number of carbonyl (C=O) groups excluding carboxylic acids is 2. The Kier molecular flexibility index (Phi) is 7.00. The van der Waals surface area contributed by atoms with E-state index in [0.29, 0.717) is 12.8 Å². The fourth-order valence-electron chi connectivity index (χ4n) is 4.71. The minimum atomic E-state index is -4.78. The van der Waals surface area contributed by atoms with Crippen molar-refractivity contribution in [3.63, 3.8) is 0 Å². The van der Waals surface area contributed by atoms with Gasteiger partial charge in [0.15, 0.2) is 0 Å². The summed E-state index contributed by atoms with van der Waals surface area (Å²) in [5.41, 5.74) is 4.06. The SMILES string of the molecule is O=C(O)CN(CC(F)(F)F)C(=O)C(NC(=O)OCC1c2ccccc2-c2ccccc21)C1CCC1. The van der Waals surface area contributed by atoms with E-state index in [0.717, 1.165) is 28.7 Å². The topological polar surface area (TPSA) is 95.9 Å². The summed E-state index contributed by atoms with van der Waals surface area (Å²) in [5.74, 6) is -3.26. The van der Waals surface area contributed by atoms with Crippen LogP contribution in [0.25, 0.3) is 11.1 Å². The fourth-order valence-corrected chi connectivity index (χ4v) is 4.71. The first-order valence-electron chi connectivity index (χ1n) is 11.3. The molecule has 1 saturated carbocycles. The minimum Gasteiger partial charge on any atom is -0.480 e. The number of ether oxygens (including phenoxy) is 1. The van der Waals surface area contributed by atoms with E-state index in [2.05, 4.69) is 5.32 Å². The van der Waals surface area contributed by atoms with Gasteiger partial charge in [0.1, 0.15) is 25.7 Å². The number of amides is 2. The lowest BCUT2D eigenvalue weighted by molar-refractivity contribution is -0.167. The molecule has 0 saturated heterocycles. The zero-order valence-electron chi connectivity index (χ0n) is 18.8. The Balaban J connectivity index is 1.46. The number of carboxylic acid groups (broad SMARTS) is 1. The van der Waals surface area contributed by atoms with Gasteiger partial charge in [-0.15, -0.1) is 0 Å². The summed E-state index contributed by atoms with van der Waals surface area (Å²) >= 11 is 0. The molecular weight excluding hydrogens is 465 g/mol. The maximum Gasteiger partial charge on any atom is 0.407 e. The third kappa shape index (κ3) is 5.58. The van der Waals surface area contributed by atoms with Crippen LogP contribution in [0.5, 0.6) is 0 Å². The molecule has 2 aliphatic carbocycles. The molecule has 2 N–H and O–H groups in total. The molecule has 0 radical (unpaired) electrons. The van der Waals surface area contributed by atoms with Crippen molar-refractivity contribution in [3.8, 4) is 11.1 Å². The Hall–Kier alpha value is -3.56. The molecule has 0 aliphatic heterocycles. The van der Waals surface area contributed by atoms with Gasteiger partial charge in [-0.2, -0.15) is 13.2 Å². The molecule has 2 aromatic carbocycles. The van der Waals surface area contributed by atoms with Crippen molar-refractivity contribution in [2.75, 3.05) is 19.7 Å². The van der Waals surface area contributed by atoms with Crippen molar-refractivity contribution in [2.45, 2.75) is 37.4 Å². The molecule has 7 nitrogen and oxygen atoms in total. The van der Waals surface area contributed by atoms with Gasteiger partial charge in [-0.3, -0.25) is 9.59 Å². The van der Waals surface area contributed by atoms with Gasteiger partial charge in [0, 0.05) is 5.92 Å². The number of aliphatic carboxylic acids is 1. The summed E-state index contributed by atoms with van der Waals surface area (Å²) in [6.07, 6.45) is -3.88. The summed E-state index contributed by atoms with van der Waals surface area (Å²) in [7, 11) is 0. The first-order chi connectivity index (χ1) is 16.6. The molecule has 2 aromatic rings. The van der Waals surface area contributed by atoms with Gasteiger partial charge in [0.2, 0.25) is 5.91 Å². The van der Waals surface area contributed by atoms with E-state index in [1.165, 1.54) is 0 Å². The largest absolute Gasteiger partial charge is 0.480 e. The highest BCUT2D eigenvalue weighted by molar-refractivity contribution is 5.88. The van der Waals surface area contributed by atoms with Crippen LogP contribution in [0.3, 0.4) is 0 Å². The molecule has 2 amide bonds. The molecule has 0 aromatic heterocycles. The van der Waals surface area contributed by atoms with E-state index in [1.807, 2.05) is 48.5 Å². The van der Waals surface area contributed by atoms with E-state index in [4.69, 9.17) is 9.84 Å². The minimum absolute atomic E-state index is 0.0210. The average Bonchev–Trinajstić information content (AvgIpc) is 3.07. The Labute approximate surface area is 199 Å². The second kappa shape index (κ2) is 9.97. The number of hydrogen-bond acceptors (Lipinski definition) is 4. The van der Waals surface area contributed by atoms with Crippen molar-refractivity contribution < 1.29 is 37.4 Å². The number of carboxylic acids is 1. The second-order valence-electron chi connectivity index (χ2n) is 8.84. The maximum atomic E-state index is 13.0. The molecule has 186 valence electrons. The molecule has 1 fully saturated rings. The first kappa shape index (κ1) is 24.6. The lowest BCUT2D eigenvalue weighted by Crippen LogP contribution is -2.56. The third-order valence-corrected chi connectivity index (χ3v) is 6.51. The fraction of sp³-hybridized carbons (Fsp3) is 0.400. The number of rotatable bonds is 8.